The molecular formula is C26H18BrClN2O4S2. The average Bonchev–Trinajstić information content (AvgIpc) is 3.15. The number of methoxy groups -OCH3 is 2. The Morgan fingerprint density at radius 3 is 2.47 bits per heavy atom. The van der Waals surface area contributed by atoms with Gasteiger partial charge in [0.1, 0.15) is 12.4 Å². The molecular weight excluding hydrogens is 584 g/mol. The Morgan fingerprint density at radius 2 is 1.83 bits per heavy atom. The fourth-order valence-electron chi connectivity index (χ4n) is 3.43. The highest BCUT2D eigenvalue weighted by Crippen LogP contribution is 2.41. The van der Waals surface area contributed by atoms with Crippen molar-refractivity contribution in [3.8, 4) is 23.3 Å². The van der Waals surface area contributed by atoms with Crippen LogP contribution < -0.4 is 19.1 Å². The van der Waals surface area contributed by atoms with Crippen LogP contribution in [0.5, 0.6) is 17.2 Å². The Morgan fingerprint density at radius 1 is 1.11 bits per heavy atom. The fraction of sp³-hybridized carbons (Fsp3) is 0.115. The maximum atomic E-state index is 13.2. The van der Waals surface area contributed by atoms with Crippen molar-refractivity contribution in [1.29, 1.82) is 5.26 Å². The van der Waals surface area contributed by atoms with Crippen LogP contribution in [0.3, 0.4) is 0 Å². The van der Waals surface area contributed by atoms with Crippen molar-refractivity contribution in [3.05, 3.63) is 85.7 Å². The van der Waals surface area contributed by atoms with Gasteiger partial charge in [-0.3, -0.25) is 9.69 Å². The maximum Gasteiger partial charge on any atom is 0.270 e. The lowest BCUT2D eigenvalue weighted by Crippen LogP contribution is -2.27. The molecule has 1 fully saturated rings. The molecule has 0 spiro atoms. The fourth-order valence-corrected chi connectivity index (χ4v) is 5.56. The predicted molar refractivity (Wildman–Crippen MR) is 150 cm³/mol. The van der Waals surface area contributed by atoms with Gasteiger partial charge in [0.15, 0.2) is 15.8 Å². The quantitative estimate of drug-likeness (QED) is 0.214. The van der Waals surface area contributed by atoms with Crippen LogP contribution in [0.25, 0.3) is 6.08 Å². The standard InChI is InChI=1S/C26H18BrClN2O4S2/c1-32-21-8-7-18(12-20(21)28)30-25(31)23(36-26(30)35)11-17-9-19(27)24(22(10-17)33-2)34-14-16-5-3-15(13-29)4-6-16/h3-12H,14H2,1-2H3/b23-11+. The minimum Gasteiger partial charge on any atom is -0.495 e. The SMILES string of the molecule is COc1ccc(N2C(=O)/C(=C\c3cc(Br)c(OCc4ccc(C#N)cc4)c(OC)c3)SC2=S)cc1Cl. The molecule has 0 bridgehead atoms. The lowest BCUT2D eigenvalue weighted by Gasteiger charge is -2.16. The van der Waals surface area contributed by atoms with Gasteiger partial charge in [0.05, 0.1) is 45.9 Å². The number of carbonyl (C=O) groups is 1. The molecule has 1 aliphatic rings. The Kier molecular flexibility index (Phi) is 8.21. The second-order valence-electron chi connectivity index (χ2n) is 7.47. The summed E-state index contributed by atoms with van der Waals surface area (Å²) in [5, 5.41) is 9.34. The van der Waals surface area contributed by atoms with E-state index in [0.29, 0.717) is 53.8 Å². The van der Waals surface area contributed by atoms with Crippen LogP contribution in [-0.2, 0) is 11.4 Å². The third-order valence-electron chi connectivity index (χ3n) is 5.20. The largest absolute Gasteiger partial charge is 0.495 e. The number of anilines is 1. The number of nitrogens with zero attached hydrogens (tertiary/aromatic N) is 2. The predicted octanol–water partition coefficient (Wildman–Crippen LogP) is 6.98. The van der Waals surface area contributed by atoms with Crippen molar-refractivity contribution >= 4 is 73.5 Å². The monoisotopic (exact) mass is 600 g/mol. The molecule has 182 valence electrons. The number of thiocarbonyl (C=S) groups is 1. The van der Waals surface area contributed by atoms with Gasteiger partial charge < -0.3 is 14.2 Å². The second-order valence-corrected chi connectivity index (χ2v) is 10.4. The number of carbonyl (C=O) groups excluding carboxylic acids is 1. The first-order valence-electron chi connectivity index (χ1n) is 10.5. The van der Waals surface area contributed by atoms with Crippen LogP contribution >= 0.6 is 51.5 Å². The van der Waals surface area contributed by atoms with Crippen LogP contribution in [0.15, 0.2) is 64.0 Å². The van der Waals surface area contributed by atoms with E-state index in [1.54, 1.807) is 49.6 Å². The molecule has 1 heterocycles. The van der Waals surface area contributed by atoms with E-state index in [9.17, 15) is 4.79 Å². The zero-order valence-corrected chi connectivity index (χ0v) is 23.1. The molecule has 0 unspecified atom stereocenters. The minimum absolute atomic E-state index is 0.248. The zero-order valence-electron chi connectivity index (χ0n) is 19.1. The average molecular weight is 602 g/mol. The van der Waals surface area contributed by atoms with Gasteiger partial charge in [0.25, 0.3) is 5.91 Å². The molecule has 3 aromatic rings. The number of halogens is 2. The summed E-state index contributed by atoms with van der Waals surface area (Å²) in [6.45, 7) is 0.295. The Bertz CT molecular complexity index is 1420. The summed E-state index contributed by atoms with van der Waals surface area (Å²) in [5.74, 6) is 1.29. The molecule has 36 heavy (non-hydrogen) atoms. The summed E-state index contributed by atoms with van der Waals surface area (Å²) in [5.41, 5.74) is 2.80. The number of hydrogen-bond donors (Lipinski definition) is 0. The third-order valence-corrected chi connectivity index (χ3v) is 7.39. The molecule has 0 radical (unpaired) electrons. The molecule has 1 aliphatic heterocycles. The van der Waals surface area contributed by atoms with E-state index < -0.39 is 0 Å². The molecule has 1 saturated heterocycles. The van der Waals surface area contributed by atoms with Gasteiger partial charge in [-0.15, -0.1) is 0 Å². The Hall–Kier alpha value is -3.03. The molecule has 0 atom stereocenters. The van der Waals surface area contributed by atoms with Gasteiger partial charge >= 0.3 is 0 Å². The molecule has 10 heteroatoms. The zero-order chi connectivity index (χ0) is 25.8. The summed E-state index contributed by atoms with van der Waals surface area (Å²) in [6.07, 6.45) is 1.75. The van der Waals surface area contributed by atoms with Crippen molar-refractivity contribution in [3.63, 3.8) is 0 Å². The lowest BCUT2D eigenvalue weighted by molar-refractivity contribution is -0.113. The van der Waals surface area contributed by atoms with E-state index >= 15 is 0 Å². The molecule has 3 aromatic carbocycles. The molecule has 0 saturated carbocycles. The van der Waals surface area contributed by atoms with E-state index in [4.69, 9.17) is 43.3 Å². The highest BCUT2D eigenvalue weighted by Gasteiger charge is 2.33. The van der Waals surface area contributed by atoms with Gasteiger partial charge in [0, 0.05) is 0 Å². The number of hydrogen-bond acceptors (Lipinski definition) is 7. The van der Waals surface area contributed by atoms with Gasteiger partial charge in [-0.2, -0.15) is 5.26 Å². The molecule has 0 aliphatic carbocycles. The maximum absolute atomic E-state index is 13.2. The van der Waals surface area contributed by atoms with Crippen LogP contribution in [0.4, 0.5) is 5.69 Å². The number of amides is 1. The number of nitriles is 1. The first kappa shape index (κ1) is 26.0. The lowest BCUT2D eigenvalue weighted by atomic mass is 10.1. The Balaban J connectivity index is 1.56. The van der Waals surface area contributed by atoms with E-state index in [-0.39, 0.29) is 5.91 Å². The molecule has 1 amide bonds. The first-order chi connectivity index (χ1) is 17.3. The van der Waals surface area contributed by atoms with E-state index in [1.807, 2.05) is 18.2 Å². The normalized spacial score (nSPS) is 14.2. The molecule has 6 nitrogen and oxygen atoms in total. The summed E-state index contributed by atoms with van der Waals surface area (Å²) >= 11 is 16.5. The summed E-state index contributed by atoms with van der Waals surface area (Å²) in [7, 11) is 3.08. The van der Waals surface area contributed by atoms with Crippen molar-refractivity contribution < 1.29 is 19.0 Å². The van der Waals surface area contributed by atoms with Crippen LogP contribution in [0, 0.1) is 11.3 Å². The van der Waals surface area contributed by atoms with Crippen LogP contribution in [-0.4, -0.2) is 24.4 Å². The van der Waals surface area contributed by atoms with Gasteiger partial charge in [-0.05, 0) is 75.6 Å². The van der Waals surface area contributed by atoms with Crippen molar-refractivity contribution in [2.45, 2.75) is 6.61 Å². The smallest absolute Gasteiger partial charge is 0.270 e. The van der Waals surface area contributed by atoms with Gasteiger partial charge in [-0.1, -0.05) is 47.7 Å². The summed E-state index contributed by atoms with van der Waals surface area (Å²) in [6, 6.07) is 18.0. The summed E-state index contributed by atoms with van der Waals surface area (Å²) in [4.78, 5) is 15.1. The number of ether oxygens (including phenoxy) is 3. The van der Waals surface area contributed by atoms with Crippen molar-refractivity contribution in [2.24, 2.45) is 0 Å². The number of benzene rings is 3. The number of rotatable bonds is 7. The highest BCUT2D eigenvalue weighted by atomic mass is 79.9. The molecule has 0 N–H and O–H groups in total. The topological polar surface area (TPSA) is 71.8 Å². The third kappa shape index (κ3) is 5.52. The van der Waals surface area contributed by atoms with E-state index in [1.165, 1.54) is 23.8 Å². The van der Waals surface area contributed by atoms with Crippen molar-refractivity contribution in [1.82, 2.24) is 0 Å². The molecule has 0 aromatic heterocycles. The van der Waals surface area contributed by atoms with Gasteiger partial charge in [-0.25, -0.2) is 0 Å². The molecule has 4 rings (SSSR count). The highest BCUT2D eigenvalue weighted by molar-refractivity contribution is 9.10. The summed E-state index contributed by atoms with van der Waals surface area (Å²) < 4.78 is 17.8. The minimum atomic E-state index is -0.248. The first-order valence-corrected chi connectivity index (χ1v) is 12.8. The van der Waals surface area contributed by atoms with Crippen LogP contribution in [0.2, 0.25) is 5.02 Å². The number of thioether (sulfide) groups is 1. The van der Waals surface area contributed by atoms with Crippen molar-refractivity contribution in [2.75, 3.05) is 19.1 Å². The van der Waals surface area contributed by atoms with E-state index in [0.717, 1.165) is 11.1 Å². The van der Waals surface area contributed by atoms with Crippen LogP contribution in [0.1, 0.15) is 16.7 Å². The Labute approximate surface area is 231 Å². The van der Waals surface area contributed by atoms with E-state index in [2.05, 4.69) is 22.0 Å². The van der Waals surface area contributed by atoms with Gasteiger partial charge in [0.2, 0.25) is 0 Å². The second kappa shape index (κ2) is 11.4.